The fraction of sp³-hybridized carbons (Fsp3) is 0.300. The highest BCUT2D eigenvalue weighted by molar-refractivity contribution is 9.10. The fourth-order valence-corrected chi connectivity index (χ4v) is 3.52. The minimum atomic E-state index is -0.410. The largest absolute Gasteiger partial charge is 0.507 e. The second-order valence-corrected chi connectivity index (χ2v) is 6.87. The predicted molar refractivity (Wildman–Crippen MR) is 101 cm³/mol. The summed E-state index contributed by atoms with van der Waals surface area (Å²) in [5.41, 5.74) is 4.10. The number of carbonyl (C=O) groups is 1. The number of nitrogens with zero attached hydrogens (tertiary/aromatic N) is 1. The van der Waals surface area contributed by atoms with Gasteiger partial charge in [-0.25, -0.2) is 9.78 Å². The van der Waals surface area contributed by atoms with Crippen LogP contribution in [0.3, 0.4) is 0 Å². The highest BCUT2D eigenvalue weighted by Gasteiger charge is 2.20. The summed E-state index contributed by atoms with van der Waals surface area (Å²) in [5.74, 6) is -0.147. The summed E-state index contributed by atoms with van der Waals surface area (Å²) in [4.78, 5) is 16.5. The Balaban J connectivity index is 2.09. The number of aromatic nitrogens is 1. The lowest BCUT2D eigenvalue weighted by molar-refractivity contribution is 0.0519. The van der Waals surface area contributed by atoms with Crippen molar-refractivity contribution in [1.29, 1.82) is 0 Å². The molecule has 0 radical (unpaired) electrons. The van der Waals surface area contributed by atoms with Crippen molar-refractivity contribution in [2.75, 3.05) is 6.61 Å². The van der Waals surface area contributed by atoms with Gasteiger partial charge in [0, 0.05) is 10.0 Å². The van der Waals surface area contributed by atoms with E-state index in [2.05, 4.69) is 20.9 Å². The smallest absolute Gasteiger partial charge is 0.356 e. The van der Waals surface area contributed by atoms with Crippen LogP contribution in [-0.4, -0.2) is 22.7 Å². The average Bonchev–Trinajstić information content (AvgIpc) is 2.64. The number of phenolic OH excluding ortho intramolecular Hbond substituents is 1. The Morgan fingerprint density at radius 2 is 1.96 bits per heavy atom. The summed E-state index contributed by atoms with van der Waals surface area (Å²) < 4.78 is 5.98. The molecule has 3 rings (SSSR count). The molecule has 0 saturated heterocycles. The number of rotatable bonds is 4. The first-order valence-electron chi connectivity index (χ1n) is 8.45. The molecule has 0 spiro atoms. The highest BCUT2D eigenvalue weighted by atomic mass is 79.9. The van der Waals surface area contributed by atoms with Crippen molar-refractivity contribution < 1.29 is 14.6 Å². The second kappa shape index (κ2) is 7.83. The van der Waals surface area contributed by atoms with Crippen LogP contribution in [0.5, 0.6) is 5.75 Å². The third-order valence-corrected chi connectivity index (χ3v) is 4.79. The molecular formula is C20H20BrNO3. The molecule has 1 aromatic carbocycles. The van der Waals surface area contributed by atoms with E-state index in [9.17, 15) is 9.90 Å². The number of halogens is 1. The van der Waals surface area contributed by atoms with E-state index in [-0.39, 0.29) is 5.75 Å². The van der Waals surface area contributed by atoms with Crippen LogP contribution in [0.4, 0.5) is 0 Å². The maximum absolute atomic E-state index is 12.0. The maximum atomic E-state index is 12.0. The van der Waals surface area contributed by atoms with Crippen molar-refractivity contribution in [3.8, 4) is 5.75 Å². The van der Waals surface area contributed by atoms with Gasteiger partial charge in [-0.1, -0.05) is 22.0 Å². The molecule has 0 bridgehead atoms. The van der Waals surface area contributed by atoms with Crippen LogP contribution in [-0.2, 0) is 4.74 Å². The number of allylic oxidation sites excluding steroid dienone is 2. The third kappa shape index (κ3) is 3.93. The summed E-state index contributed by atoms with van der Waals surface area (Å²) in [5, 5.41) is 10.3. The number of benzene rings is 1. The quantitative estimate of drug-likeness (QED) is 0.714. The number of aromatic hydroxyl groups is 1. The van der Waals surface area contributed by atoms with Gasteiger partial charge < -0.3 is 9.84 Å². The van der Waals surface area contributed by atoms with E-state index >= 15 is 0 Å². The summed E-state index contributed by atoms with van der Waals surface area (Å²) in [7, 11) is 0. The zero-order valence-electron chi connectivity index (χ0n) is 14.1. The van der Waals surface area contributed by atoms with Crippen LogP contribution < -0.4 is 0 Å². The van der Waals surface area contributed by atoms with Gasteiger partial charge in [0.05, 0.1) is 12.3 Å². The van der Waals surface area contributed by atoms with Gasteiger partial charge in [-0.3, -0.25) is 0 Å². The molecule has 0 atom stereocenters. The molecule has 0 unspecified atom stereocenters. The van der Waals surface area contributed by atoms with Crippen molar-refractivity contribution in [1.82, 2.24) is 4.98 Å². The van der Waals surface area contributed by atoms with E-state index in [0.717, 1.165) is 52.6 Å². The molecule has 1 heterocycles. The topological polar surface area (TPSA) is 59.4 Å². The lowest BCUT2D eigenvalue weighted by Crippen LogP contribution is -2.09. The first-order chi connectivity index (χ1) is 12.1. The molecule has 25 heavy (non-hydrogen) atoms. The minimum absolute atomic E-state index is 0.263. The van der Waals surface area contributed by atoms with Crippen LogP contribution in [0.1, 0.15) is 54.4 Å². The number of esters is 1. The molecule has 0 aliphatic heterocycles. The highest BCUT2D eigenvalue weighted by Crippen LogP contribution is 2.41. The van der Waals surface area contributed by atoms with E-state index in [1.165, 1.54) is 0 Å². The zero-order valence-corrected chi connectivity index (χ0v) is 15.7. The van der Waals surface area contributed by atoms with Crippen molar-refractivity contribution in [3.63, 3.8) is 0 Å². The van der Waals surface area contributed by atoms with Crippen LogP contribution in [0.25, 0.3) is 11.1 Å². The van der Waals surface area contributed by atoms with Gasteiger partial charge >= 0.3 is 5.97 Å². The maximum Gasteiger partial charge on any atom is 0.356 e. The summed E-state index contributed by atoms with van der Waals surface area (Å²) in [6, 6.07) is 10.9. The van der Waals surface area contributed by atoms with Gasteiger partial charge in [0.15, 0.2) is 0 Å². The molecule has 1 N–H and O–H groups in total. The van der Waals surface area contributed by atoms with Crippen molar-refractivity contribution in [2.24, 2.45) is 0 Å². The van der Waals surface area contributed by atoms with Crippen molar-refractivity contribution in [2.45, 2.75) is 32.6 Å². The minimum Gasteiger partial charge on any atom is -0.507 e. The zero-order chi connectivity index (χ0) is 17.8. The Morgan fingerprint density at radius 3 is 2.72 bits per heavy atom. The predicted octanol–water partition coefficient (Wildman–Crippen LogP) is 5.21. The molecule has 5 heteroatoms. The number of carbonyl (C=O) groups excluding carboxylic acids is 1. The summed E-state index contributed by atoms with van der Waals surface area (Å²) >= 11 is 3.48. The summed E-state index contributed by atoms with van der Waals surface area (Å²) in [6.45, 7) is 2.10. The standard InChI is InChI=1S/C20H20BrNO3/c1-2-25-20(24)18-9-5-8-17(22-18)15-7-4-3-6-14(15)16-12-13(21)10-11-19(16)23/h5,8-12,23H,2-4,6-7H2,1H3. The number of ether oxygens (including phenoxy) is 1. The molecule has 0 amide bonds. The van der Waals surface area contributed by atoms with E-state index in [0.29, 0.717) is 12.3 Å². The fourth-order valence-electron chi connectivity index (χ4n) is 3.16. The van der Waals surface area contributed by atoms with Crippen LogP contribution in [0, 0.1) is 0 Å². The Kier molecular flexibility index (Phi) is 5.53. The van der Waals surface area contributed by atoms with Gasteiger partial charge in [0.2, 0.25) is 0 Å². The van der Waals surface area contributed by atoms with Crippen LogP contribution in [0.15, 0.2) is 40.9 Å². The molecule has 1 aliphatic carbocycles. The first kappa shape index (κ1) is 17.7. The van der Waals surface area contributed by atoms with Gasteiger partial charge in [-0.2, -0.15) is 0 Å². The number of phenols is 1. The Morgan fingerprint density at radius 1 is 1.20 bits per heavy atom. The SMILES string of the molecule is CCOC(=O)c1cccc(C2=C(c3cc(Br)ccc3O)CCCC2)n1. The van der Waals surface area contributed by atoms with E-state index in [1.54, 1.807) is 19.1 Å². The molecule has 0 saturated carbocycles. The van der Waals surface area contributed by atoms with Crippen LogP contribution >= 0.6 is 15.9 Å². The second-order valence-electron chi connectivity index (χ2n) is 5.95. The molecule has 0 fully saturated rings. The Bertz CT molecular complexity index is 829. The van der Waals surface area contributed by atoms with Crippen molar-refractivity contribution >= 4 is 33.0 Å². The third-order valence-electron chi connectivity index (χ3n) is 4.29. The Labute approximate surface area is 155 Å². The van der Waals surface area contributed by atoms with E-state index < -0.39 is 5.97 Å². The molecule has 1 aliphatic rings. The first-order valence-corrected chi connectivity index (χ1v) is 9.25. The monoisotopic (exact) mass is 401 g/mol. The molecule has 1 aromatic heterocycles. The number of hydrogen-bond donors (Lipinski definition) is 1. The van der Waals surface area contributed by atoms with E-state index in [1.807, 2.05) is 24.3 Å². The number of pyridine rings is 1. The molecule has 4 nitrogen and oxygen atoms in total. The van der Waals surface area contributed by atoms with E-state index in [4.69, 9.17) is 4.74 Å². The normalized spacial score (nSPS) is 14.5. The molecule has 130 valence electrons. The lowest BCUT2D eigenvalue weighted by atomic mass is 9.85. The summed E-state index contributed by atoms with van der Waals surface area (Å²) in [6.07, 6.45) is 3.90. The Hall–Kier alpha value is -2.14. The number of hydrogen-bond acceptors (Lipinski definition) is 4. The molecule has 2 aromatic rings. The van der Waals surface area contributed by atoms with Gasteiger partial charge in [-0.15, -0.1) is 0 Å². The van der Waals surface area contributed by atoms with Gasteiger partial charge in [-0.05, 0) is 74.1 Å². The lowest BCUT2D eigenvalue weighted by Gasteiger charge is -2.21. The molecular weight excluding hydrogens is 382 g/mol. The average molecular weight is 402 g/mol. The van der Waals surface area contributed by atoms with Gasteiger partial charge in [0.1, 0.15) is 11.4 Å². The van der Waals surface area contributed by atoms with Gasteiger partial charge in [0.25, 0.3) is 0 Å². The van der Waals surface area contributed by atoms with Crippen LogP contribution in [0.2, 0.25) is 0 Å². The van der Waals surface area contributed by atoms with Crippen molar-refractivity contribution in [3.05, 3.63) is 57.8 Å².